The number of aromatic nitrogens is 3. The van der Waals surface area contributed by atoms with Gasteiger partial charge in [0, 0.05) is 25.0 Å². The summed E-state index contributed by atoms with van der Waals surface area (Å²) in [7, 11) is 0. The third kappa shape index (κ3) is 4.92. The predicted molar refractivity (Wildman–Crippen MR) is 104 cm³/mol. The Bertz CT molecular complexity index is 648. The molecule has 2 atom stereocenters. The van der Waals surface area contributed by atoms with Crippen LogP contribution in [0, 0.1) is 0 Å². The highest BCUT2D eigenvalue weighted by Crippen LogP contribution is 2.25. The standard InChI is InChI=1S/C18H31N5OS/c1-13-10-22(11-14(2)24-13)9-7-6-8-19-16-21-23-12-15(18(3,4)5)20-17(23)25-16/h12-14H,6-11H2,1-5H3,(H,19,21)/t13-,14+. The summed E-state index contributed by atoms with van der Waals surface area (Å²) in [6.45, 7) is 15.1. The molecule has 0 bridgehead atoms. The van der Waals surface area contributed by atoms with Crippen molar-refractivity contribution in [3.63, 3.8) is 0 Å². The molecule has 1 saturated heterocycles. The second-order valence-electron chi connectivity index (χ2n) is 8.16. The number of hydrogen-bond donors (Lipinski definition) is 1. The molecule has 0 amide bonds. The topological polar surface area (TPSA) is 54.7 Å². The fourth-order valence-corrected chi connectivity index (χ4v) is 4.06. The summed E-state index contributed by atoms with van der Waals surface area (Å²) in [5.74, 6) is 0. The molecule has 2 aromatic rings. The van der Waals surface area contributed by atoms with Crippen molar-refractivity contribution < 1.29 is 4.74 Å². The lowest BCUT2D eigenvalue weighted by molar-refractivity contribution is -0.0681. The van der Waals surface area contributed by atoms with Gasteiger partial charge in [-0.2, -0.15) is 0 Å². The van der Waals surface area contributed by atoms with E-state index in [9.17, 15) is 0 Å². The van der Waals surface area contributed by atoms with E-state index in [2.05, 4.69) is 54.9 Å². The van der Waals surface area contributed by atoms with Crippen LogP contribution >= 0.6 is 11.3 Å². The maximum Gasteiger partial charge on any atom is 0.214 e. The van der Waals surface area contributed by atoms with E-state index >= 15 is 0 Å². The van der Waals surface area contributed by atoms with Crippen molar-refractivity contribution >= 4 is 21.4 Å². The lowest BCUT2D eigenvalue weighted by atomic mass is 9.93. The van der Waals surface area contributed by atoms with Crippen molar-refractivity contribution in [2.24, 2.45) is 0 Å². The van der Waals surface area contributed by atoms with Crippen LogP contribution in [-0.4, -0.2) is 57.9 Å². The first-order valence-corrected chi connectivity index (χ1v) is 10.1. The van der Waals surface area contributed by atoms with E-state index in [1.165, 1.54) is 6.42 Å². The maximum absolute atomic E-state index is 5.78. The van der Waals surface area contributed by atoms with Crippen LogP contribution in [0.1, 0.15) is 53.2 Å². The van der Waals surface area contributed by atoms with E-state index in [0.717, 1.165) is 48.4 Å². The Labute approximate surface area is 154 Å². The Morgan fingerprint density at radius 3 is 2.60 bits per heavy atom. The van der Waals surface area contributed by atoms with Crippen LogP contribution in [0.15, 0.2) is 6.20 Å². The molecule has 6 nitrogen and oxygen atoms in total. The Hall–Kier alpha value is -1.18. The first-order valence-electron chi connectivity index (χ1n) is 9.29. The zero-order valence-electron chi connectivity index (χ0n) is 16.1. The number of unbranched alkanes of at least 4 members (excludes halogenated alkanes) is 1. The van der Waals surface area contributed by atoms with E-state index in [0.29, 0.717) is 12.2 Å². The van der Waals surface area contributed by atoms with E-state index in [1.807, 2.05) is 10.7 Å². The van der Waals surface area contributed by atoms with E-state index in [1.54, 1.807) is 11.3 Å². The second-order valence-corrected chi connectivity index (χ2v) is 9.12. The first-order chi connectivity index (χ1) is 11.8. The number of nitrogens with zero attached hydrogens (tertiary/aromatic N) is 4. The molecule has 7 heteroatoms. The van der Waals surface area contributed by atoms with Crippen LogP contribution in [0.5, 0.6) is 0 Å². The molecule has 140 valence electrons. The lowest BCUT2D eigenvalue weighted by Gasteiger charge is -2.35. The van der Waals surface area contributed by atoms with Gasteiger partial charge in [0.25, 0.3) is 0 Å². The Morgan fingerprint density at radius 2 is 1.96 bits per heavy atom. The summed E-state index contributed by atoms with van der Waals surface area (Å²) in [4.78, 5) is 8.16. The number of imidazole rings is 1. The average Bonchev–Trinajstić information content (AvgIpc) is 3.03. The first kappa shape index (κ1) is 18.6. The molecular formula is C18H31N5OS. The lowest BCUT2D eigenvalue weighted by Crippen LogP contribution is -2.45. The van der Waals surface area contributed by atoms with Crippen LogP contribution in [0.2, 0.25) is 0 Å². The molecule has 1 aliphatic rings. The molecule has 0 aromatic carbocycles. The molecule has 2 aromatic heterocycles. The number of nitrogens with one attached hydrogen (secondary N) is 1. The van der Waals surface area contributed by atoms with Gasteiger partial charge in [-0.25, -0.2) is 9.50 Å². The van der Waals surface area contributed by atoms with Crippen LogP contribution in [0.3, 0.4) is 0 Å². The van der Waals surface area contributed by atoms with Gasteiger partial charge in [0.1, 0.15) is 0 Å². The monoisotopic (exact) mass is 365 g/mol. The molecule has 0 radical (unpaired) electrons. The summed E-state index contributed by atoms with van der Waals surface area (Å²) in [5.41, 5.74) is 1.15. The van der Waals surface area contributed by atoms with Crippen molar-refractivity contribution in [3.05, 3.63) is 11.9 Å². The molecular weight excluding hydrogens is 334 g/mol. The van der Waals surface area contributed by atoms with E-state index in [4.69, 9.17) is 4.74 Å². The van der Waals surface area contributed by atoms with Gasteiger partial charge in [0.15, 0.2) is 0 Å². The molecule has 3 rings (SSSR count). The fourth-order valence-electron chi connectivity index (χ4n) is 3.26. The van der Waals surface area contributed by atoms with Crippen LogP contribution in [-0.2, 0) is 10.2 Å². The number of ether oxygens (including phenoxy) is 1. The predicted octanol–water partition coefficient (Wildman–Crippen LogP) is 3.39. The highest BCUT2D eigenvalue weighted by Gasteiger charge is 2.21. The summed E-state index contributed by atoms with van der Waals surface area (Å²) in [5, 5.41) is 8.98. The van der Waals surface area contributed by atoms with Crippen LogP contribution < -0.4 is 5.32 Å². The Balaban J connectivity index is 1.40. The highest BCUT2D eigenvalue weighted by molar-refractivity contribution is 7.20. The Morgan fingerprint density at radius 1 is 1.24 bits per heavy atom. The molecule has 0 unspecified atom stereocenters. The van der Waals surface area contributed by atoms with Gasteiger partial charge in [-0.05, 0) is 33.2 Å². The maximum atomic E-state index is 5.78. The third-order valence-electron chi connectivity index (χ3n) is 4.48. The molecule has 0 aliphatic carbocycles. The number of fused-ring (bicyclic) bond motifs is 1. The summed E-state index contributed by atoms with van der Waals surface area (Å²) < 4.78 is 7.68. The van der Waals surface area contributed by atoms with Gasteiger partial charge in [0.05, 0.1) is 24.1 Å². The minimum Gasteiger partial charge on any atom is -0.373 e. The molecule has 3 heterocycles. The van der Waals surface area contributed by atoms with Gasteiger partial charge in [-0.15, -0.1) is 5.10 Å². The number of rotatable bonds is 6. The normalized spacial score (nSPS) is 22.6. The van der Waals surface area contributed by atoms with Gasteiger partial charge >= 0.3 is 0 Å². The molecule has 1 aliphatic heterocycles. The van der Waals surface area contributed by atoms with Gasteiger partial charge < -0.3 is 10.1 Å². The van der Waals surface area contributed by atoms with Crippen molar-refractivity contribution in [1.29, 1.82) is 0 Å². The van der Waals surface area contributed by atoms with Crippen LogP contribution in [0.4, 0.5) is 5.13 Å². The zero-order valence-corrected chi connectivity index (χ0v) is 16.9. The largest absolute Gasteiger partial charge is 0.373 e. The Kier molecular flexibility index (Phi) is 5.65. The third-order valence-corrected chi connectivity index (χ3v) is 5.36. The summed E-state index contributed by atoms with van der Waals surface area (Å²) in [6.07, 6.45) is 5.09. The minimum atomic E-state index is 0.0650. The van der Waals surface area contributed by atoms with Crippen molar-refractivity contribution in [3.8, 4) is 0 Å². The van der Waals surface area contributed by atoms with Crippen molar-refractivity contribution in [2.45, 2.75) is 65.1 Å². The summed E-state index contributed by atoms with van der Waals surface area (Å²) >= 11 is 1.62. The average molecular weight is 366 g/mol. The highest BCUT2D eigenvalue weighted by atomic mass is 32.1. The fraction of sp³-hybridized carbons (Fsp3) is 0.778. The quantitative estimate of drug-likeness (QED) is 0.795. The van der Waals surface area contributed by atoms with Crippen molar-refractivity contribution in [2.75, 3.05) is 31.5 Å². The number of morpholine rings is 1. The number of anilines is 1. The second kappa shape index (κ2) is 7.60. The molecule has 1 N–H and O–H groups in total. The van der Waals surface area contributed by atoms with Crippen molar-refractivity contribution in [1.82, 2.24) is 19.5 Å². The molecule has 0 saturated carbocycles. The van der Waals surface area contributed by atoms with Gasteiger partial charge in [-0.3, -0.25) is 4.90 Å². The zero-order chi connectivity index (χ0) is 18.0. The van der Waals surface area contributed by atoms with E-state index < -0.39 is 0 Å². The van der Waals surface area contributed by atoms with E-state index in [-0.39, 0.29) is 5.41 Å². The minimum absolute atomic E-state index is 0.0650. The van der Waals surface area contributed by atoms with Gasteiger partial charge in [0.2, 0.25) is 10.1 Å². The SMILES string of the molecule is C[C@@H]1CN(CCCCNc2nn3cc(C(C)(C)C)nc3s2)C[C@H](C)O1. The molecule has 1 fully saturated rings. The molecule has 25 heavy (non-hydrogen) atoms. The van der Waals surface area contributed by atoms with Gasteiger partial charge in [-0.1, -0.05) is 32.1 Å². The smallest absolute Gasteiger partial charge is 0.214 e. The summed E-state index contributed by atoms with van der Waals surface area (Å²) in [6, 6.07) is 0. The number of hydrogen-bond acceptors (Lipinski definition) is 6. The van der Waals surface area contributed by atoms with Crippen LogP contribution in [0.25, 0.3) is 4.96 Å². The molecule has 0 spiro atoms.